The number of nitrogens with one attached hydrogen (secondary N) is 2. The van der Waals surface area contributed by atoms with Crippen LogP contribution in [0.5, 0.6) is 0 Å². The van der Waals surface area contributed by atoms with Crippen LogP contribution in [0.15, 0.2) is 0 Å². The quantitative estimate of drug-likeness (QED) is 0.795. The maximum absolute atomic E-state index is 11.9. The molecule has 0 aromatic heterocycles. The molecular weight excluding hydrogens is 250 g/mol. The highest BCUT2D eigenvalue weighted by molar-refractivity contribution is 5.85. The van der Waals surface area contributed by atoms with Gasteiger partial charge in [0.25, 0.3) is 0 Å². The highest BCUT2D eigenvalue weighted by atomic mass is 35.5. The van der Waals surface area contributed by atoms with Crippen LogP contribution < -0.4 is 10.6 Å². The zero-order valence-corrected chi connectivity index (χ0v) is 12.4. The Balaban J connectivity index is 0.00000162. The maximum Gasteiger partial charge on any atom is 0.234 e. The zero-order valence-electron chi connectivity index (χ0n) is 11.6. The number of nitrogens with zero attached hydrogens (tertiary/aromatic N) is 1. The minimum absolute atomic E-state index is 0. The highest BCUT2D eigenvalue weighted by Crippen LogP contribution is 2.25. The lowest BCUT2D eigenvalue weighted by Gasteiger charge is -2.21. The molecule has 0 aromatic carbocycles. The van der Waals surface area contributed by atoms with E-state index in [-0.39, 0.29) is 24.4 Å². The number of hydrogen-bond donors (Lipinski definition) is 2. The van der Waals surface area contributed by atoms with Gasteiger partial charge in [0, 0.05) is 19.1 Å². The Morgan fingerprint density at radius 1 is 1.28 bits per heavy atom. The standard InChI is InChI=1S/C13H25N3O.ClH/c1-9(2)10(3)15-13(17)8-16-6-11-4-14-5-12(11)7-16;/h9-12,14H,4-8H2,1-3H3,(H,15,17);1H/t10?,11-,12+;. The van der Waals surface area contributed by atoms with Gasteiger partial charge in [-0.2, -0.15) is 0 Å². The first kappa shape index (κ1) is 15.7. The van der Waals surface area contributed by atoms with E-state index in [0.29, 0.717) is 12.5 Å². The van der Waals surface area contributed by atoms with Gasteiger partial charge in [-0.15, -0.1) is 12.4 Å². The molecule has 4 nitrogen and oxygen atoms in total. The first-order chi connectivity index (χ1) is 8.06. The Bertz CT molecular complexity index is 273. The predicted molar refractivity (Wildman–Crippen MR) is 76.0 cm³/mol. The molecule has 0 aliphatic carbocycles. The van der Waals surface area contributed by atoms with Gasteiger partial charge < -0.3 is 10.6 Å². The Hall–Kier alpha value is -0.320. The predicted octanol–water partition coefficient (Wildman–Crippen LogP) is 0.720. The van der Waals surface area contributed by atoms with Gasteiger partial charge in [-0.05, 0) is 37.8 Å². The maximum atomic E-state index is 11.9. The van der Waals surface area contributed by atoms with Crippen LogP contribution in [0.1, 0.15) is 20.8 Å². The van der Waals surface area contributed by atoms with Gasteiger partial charge in [0.1, 0.15) is 0 Å². The Morgan fingerprint density at radius 3 is 2.33 bits per heavy atom. The van der Waals surface area contributed by atoms with Gasteiger partial charge in [-0.3, -0.25) is 9.69 Å². The molecule has 0 spiro atoms. The van der Waals surface area contributed by atoms with Crippen molar-refractivity contribution in [2.24, 2.45) is 17.8 Å². The number of likely N-dealkylation sites (tertiary alicyclic amines) is 1. The number of carbonyl (C=O) groups excluding carboxylic acids is 1. The Morgan fingerprint density at radius 2 is 1.83 bits per heavy atom. The molecule has 2 rings (SSSR count). The van der Waals surface area contributed by atoms with E-state index in [1.54, 1.807) is 0 Å². The summed E-state index contributed by atoms with van der Waals surface area (Å²) in [4.78, 5) is 14.2. The van der Waals surface area contributed by atoms with E-state index >= 15 is 0 Å². The molecule has 18 heavy (non-hydrogen) atoms. The fourth-order valence-electron chi connectivity index (χ4n) is 2.75. The Kier molecular flexibility index (Phi) is 5.89. The molecule has 2 heterocycles. The monoisotopic (exact) mass is 275 g/mol. The lowest BCUT2D eigenvalue weighted by molar-refractivity contribution is -0.122. The molecule has 1 unspecified atom stereocenters. The van der Waals surface area contributed by atoms with Crippen LogP contribution in [-0.2, 0) is 4.79 Å². The molecule has 0 bridgehead atoms. The van der Waals surface area contributed by atoms with Gasteiger partial charge in [0.15, 0.2) is 0 Å². The fourth-order valence-corrected chi connectivity index (χ4v) is 2.75. The summed E-state index contributed by atoms with van der Waals surface area (Å²) in [5.41, 5.74) is 0. The lowest BCUT2D eigenvalue weighted by Crippen LogP contribution is -2.42. The molecule has 0 saturated carbocycles. The van der Waals surface area contributed by atoms with Crippen LogP contribution in [0.3, 0.4) is 0 Å². The average Bonchev–Trinajstić information content (AvgIpc) is 2.76. The van der Waals surface area contributed by atoms with E-state index in [1.165, 1.54) is 0 Å². The largest absolute Gasteiger partial charge is 0.352 e. The molecular formula is C13H26ClN3O. The molecule has 3 atom stereocenters. The van der Waals surface area contributed by atoms with Crippen LogP contribution in [0.4, 0.5) is 0 Å². The average molecular weight is 276 g/mol. The summed E-state index contributed by atoms with van der Waals surface area (Å²) in [5, 5.41) is 6.49. The number of halogens is 1. The summed E-state index contributed by atoms with van der Waals surface area (Å²) >= 11 is 0. The third kappa shape index (κ3) is 3.84. The topological polar surface area (TPSA) is 44.4 Å². The second-order valence-electron chi connectivity index (χ2n) is 5.97. The number of amides is 1. The molecule has 106 valence electrons. The summed E-state index contributed by atoms with van der Waals surface area (Å²) in [6.07, 6.45) is 0. The van der Waals surface area contributed by atoms with E-state index < -0.39 is 0 Å². The van der Waals surface area contributed by atoms with Crippen molar-refractivity contribution in [3.8, 4) is 0 Å². The van der Waals surface area contributed by atoms with Crippen molar-refractivity contribution in [1.82, 2.24) is 15.5 Å². The molecule has 2 N–H and O–H groups in total. The summed E-state index contributed by atoms with van der Waals surface area (Å²) in [6.45, 7) is 11.3. The summed E-state index contributed by atoms with van der Waals surface area (Å²) in [5.74, 6) is 2.22. The second kappa shape index (κ2) is 6.73. The molecule has 2 saturated heterocycles. The van der Waals surface area contributed by atoms with Crippen LogP contribution >= 0.6 is 12.4 Å². The lowest BCUT2D eigenvalue weighted by atomic mass is 10.0. The molecule has 2 aliphatic rings. The van der Waals surface area contributed by atoms with Crippen molar-refractivity contribution in [2.45, 2.75) is 26.8 Å². The summed E-state index contributed by atoms with van der Waals surface area (Å²) in [6, 6.07) is 0.270. The van der Waals surface area contributed by atoms with Crippen LogP contribution in [0.2, 0.25) is 0 Å². The van der Waals surface area contributed by atoms with Gasteiger partial charge in [0.2, 0.25) is 5.91 Å². The van der Waals surface area contributed by atoms with E-state index in [9.17, 15) is 4.79 Å². The fraction of sp³-hybridized carbons (Fsp3) is 0.923. The van der Waals surface area contributed by atoms with Crippen LogP contribution in [0.25, 0.3) is 0 Å². The van der Waals surface area contributed by atoms with E-state index in [1.807, 2.05) is 0 Å². The first-order valence-corrected chi connectivity index (χ1v) is 6.78. The van der Waals surface area contributed by atoms with E-state index in [2.05, 4.69) is 36.3 Å². The summed E-state index contributed by atoms with van der Waals surface area (Å²) in [7, 11) is 0. The molecule has 2 aliphatic heterocycles. The van der Waals surface area contributed by atoms with E-state index in [0.717, 1.165) is 38.0 Å². The first-order valence-electron chi connectivity index (χ1n) is 6.78. The number of carbonyl (C=O) groups is 1. The molecule has 2 fully saturated rings. The zero-order chi connectivity index (χ0) is 12.4. The molecule has 5 heteroatoms. The molecule has 1 amide bonds. The minimum Gasteiger partial charge on any atom is -0.352 e. The number of rotatable bonds is 4. The third-order valence-electron chi connectivity index (χ3n) is 4.22. The Labute approximate surface area is 116 Å². The van der Waals surface area contributed by atoms with E-state index in [4.69, 9.17) is 0 Å². The van der Waals surface area contributed by atoms with Crippen molar-refractivity contribution < 1.29 is 4.79 Å². The van der Waals surface area contributed by atoms with Crippen molar-refractivity contribution in [1.29, 1.82) is 0 Å². The van der Waals surface area contributed by atoms with Crippen LogP contribution in [-0.4, -0.2) is 49.6 Å². The van der Waals surface area contributed by atoms with Gasteiger partial charge in [0.05, 0.1) is 6.54 Å². The third-order valence-corrected chi connectivity index (χ3v) is 4.22. The summed E-state index contributed by atoms with van der Waals surface area (Å²) < 4.78 is 0. The number of hydrogen-bond acceptors (Lipinski definition) is 3. The van der Waals surface area contributed by atoms with Crippen LogP contribution in [0, 0.1) is 17.8 Å². The van der Waals surface area contributed by atoms with Gasteiger partial charge in [-0.25, -0.2) is 0 Å². The van der Waals surface area contributed by atoms with Gasteiger partial charge >= 0.3 is 0 Å². The van der Waals surface area contributed by atoms with Crippen molar-refractivity contribution in [3.63, 3.8) is 0 Å². The van der Waals surface area contributed by atoms with Crippen molar-refractivity contribution in [2.75, 3.05) is 32.7 Å². The van der Waals surface area contributed by atoms with Gasteiger partial charge in [-0.1, -0.05) is 13.8 Å². The highest BCUT2D eigenvalue weighted by Gasteiger charge is 2.36. The molecule has 0 radical (unpaired) electrons. The number of fused-ring (bicyclic) bond motifs is 1. The van der Waals surface area contributed by atoms with Crippen molar-refractivity contribution >= 4 is 18.3 Å². The minimum atomic E-state index is 0. The SMILES string of the molecule is CC(C)C(C)NC(=O)CN1C[C@H]2CNC[C@H]2C1.Cl. The smallest absolute Gasteiger partial charge is 0.234 e. The molecule has 0 aromatic rings. The van der Waals surface area contributed by atoms with Crippen molar-refractivity contribution in [3.05, 3.63) is 0 Å². The second-order valence-corrected chi connectivity index (χ2v) is 5.97. The normalized spacial score (nSPS) is 28.9.